The van der Waals surface area contributed by atoms with Gasteiger partial charge in [0.15, 0.2) is 0 Å². The van der Waals surface area contributed by atoms with E-state index in [0.717, 1.165) is 21.7 Å². The van der Waals surface area contributed by atoms with Gasteiger partial charge in [0.05, 0.1) is 11.5 Å². The highest BCUT2D eigenvalue weighted by atomic mass is 35.5. The van der Waals surface area contributed by atoms with E-state index in [2.05, 4.69) is 4.90 Å². The number of hydrogen-bond donors (Lipinski definition) is 0. The summed E-state index contributed by atoms with van der Waals surface area (Å²) in [6, 6.07) is 16.8. The van der Waals surface area contributed by atoms with Crippen LogP contribution in [0, 0.1) is 6.92 Å². The highest BCUT2D eigenvalue weighted by molar-refractivity contribution is 7.89. The number of rotatable bonds is 5. The molecule has 1 aliphatic heterocycles. The number of nitrogens with zero attached hydrogens (tertiary/aromatic N) is 2. The van der Waals surface area contributed by atoms with Gasteiger partial charge in [0, 0.05) is 47.7 Å². The van der Waals surface area contributed by atoms with Crippen LogP contribution in [0.25, 0.3) is 10.8 Å². The van der Waals surface area contributed by atoms with E-state index in [9.17, 15) is 8.42 Å². The quantitative estimate of drug-likeness (QED) is 0.571. The molecule has 3 aromatic rings. The van der Waals surface area contributed by atoms with Crippen molar-refractivity contribution in [2.75, 3.05) is 37.7 Å². The van der Waals surface area contributed by atoms with Crippen molar-refractivity contribution in [2.45, 2.75) is 18.7 Å². The molecule has 0 amide bonds. The second-order valence-corrected chi connectivity index (χ2v) is 9.63. The first-order chi connectivity index (χ1) is 14.4. The summed E-state index contributed by atoms with van der Waals surface area (Å²) in [6.45, 7) is 6.53. The number of sulfonamides is 1. The van der Waals surface area contributed by atoms with Crippen molar-refractivity contribution in [1.82, 2.24) is 4.31 Å². The summed E-state index contributed by atoms with van der Waals surface area (Å²) in [4.78, 5) is 2.53. The van der Waals surface area contributed by atoms with Crippen molar-refractivity contribution in [1.29, 1.82) is 0 Å². The molecule has 1 fully saturated rings. The zero-order chi connectivity index (χ0) is 21.3. The molecule has 5 nitrogen and oxygen atoms in total. The summed E-state index contributed by atoms with van der Waals surface area (Å²) in [5.74, 6) is 0.702. The van der Waals surface area contributed by atoms with Crippen molar-refractivity contribution in [2.24, 2.45) is 0 Å². The van der Waals surface area contributed by atoms with Gasteiger partial charge >= 0.3 is 0 Å². The van der Waals surface area contributed by atoms with Crippen LogP contribution in [0.1, 0.15) is 12.5 Å². The molecule has 0 spiro atoms. The Hall–Kier alpha value is -2.28. The van der Waals surface area contributed by atoms with Gasteiger partial charge in [-0.2, -0.15) is 4.31 Å². The fraction of sp³-hybridized carbons (Fsp3) is 0.304. The summed E-state index contributed by atoms with van der Waals surface area (Å²) in [7, 11) is -3.62. The average molecular weight is 445 g/mol. The molecule has 4 rings (SSSR count). The Morgan fingerprint density at radius 2 is 1.63 bits per heavy atom. The Morgan fingerprint density at radius 1 is 0.933 bits per heavy atom. The van der Waals surface area contributed by atoms with E-state index < -0.39 is 10.0 Å². The SMILES string of the molecule is CCOc1ccc(S(=O)(=O)N2CCN(c3cccc(Cl)c3C)CC2)c2ccccc12. The molecule has 0 radical (unpaired) electrons. The second-order valence-electron chi connectivity index (χ2n) is 7.32. The van der Waals surface area contributed by atoms with Gasteiger partial charge in [-0.15, -0.1) is 0 Å². The number of halogens is 1. The van der Waals surface area contributed by atoms with Gasteiger partial charge in [0.25, 0.3) is 0 Å². The Morgan fingerprint density at radius 3 is 2.33 bits per heavy atom. The van der Waals surface area contributed by atoms with Crippen LogP contribution < -0.4 is 9.64 Å². The van der Waals surface area contributed by atoms with Crippen LogP contribution >= 0.6 is 11.6 Å². The van der Waals surface area contributed by atoms with E-state index in [1.807, 2.05) is 56.3 Å². The summed E-state index contributed by atoms with van der Waals surface area (Å²) in [6.07, 6.45) is 0. The largest absolute Gasteiger partial charge is 0.493 e. The topological polar surface area (TPSA) is 49.9 Å². The van der Waals surface area contributed by atoms with Crippen LogP contribution in [0.15, 0.2) is 59.5 Å². The Kier molecular flexibility index (Phi) is 5.91. The third kappa shape index (κ3) is 3.75. The molecule has 1 saturated heterocycles. The molecule has 3 aromatic carbocycles. The van der Waals surface area contributed by atoms with Crippen molar-refractivity contribution in [3.05, 3.63) is 65.2 Å². The molecule has 0 bridgehead atoms. The third-order valence-electron chi connectivity index (χ3n) is 5.58. The molecule has 0 N–H and O–H groups in total. The maximum atomic E-state index is 13.5. The Balaban J connectivity index is 1.61. The van der Waals surface area contributed by atoms with Crippen molar-refractivity contribution >= 4 is 38.1 Å². The van der Waals surface area contributed by atoms with Crippen LogP contribution in [-0.4, -0.2) is 45.5 Å². The van der Waals surface area contributed by atoms with Gasteiger partial charge in [-0.1, -0.05) is 41.9 Å². The minimum Gasteiger partial charge on any atom is -0.493 e. The highest BCUT2D eigenvalue weighted by Gasteiger charge is 2.30. The summed E-state index contributed by atoms with van der Waals surface area (Å²) < 4.78 is 34.2. The van der Waals surface area contributed by atoms with Crippen molar-refractivity contribution < 1.29 is 13.2 Å². The Labute approximate surface area is 182 Å². The zero-order valence-corrected chi connectivity index (χ0v) is 18.7. The van der Waals surface area contributed by atoms with Crippen molar-refractivity contribution in [3.8, 4) is 5.75 Å². The maximum Gasteiger partial charge on any atom is 0.243 e. The number of piperazine rings is 1. The molecule has 7 heteroatoms. The molecule has 0 unspecified atom stereocenters. The normalized spacial score (nSPS) is 15.5. The first-order valence-corrected chi connectivity index (χ1v) is 11.9. The van der Waals surface area contributed by atoms with Gasteiger partial charge < -0.3 is 9.64 Å². The molecule has 1 heterocycles. The molecular formula is C23H25ClN2O3S. The lowest BCUT2D eigenvalue weighted by Crippen LogP contribution is -2.48. The van der Waals surface area contributed by atoms with E-state index in [1.54, 1.807) is 16.4 Å². The molecule has 158 valence electrons. The zero-order valence-electron chi connectivity index (χ0n) is 17.1. The number of fused-ring (bicyclic) bond motifs is 1. The highest BCUT2D eigenvalue weighted by Crippen LogP contribution is 2.33. The average Bonchev–Trinajstić information content (AvgIpc) is 2.76. The van der Waals surface area contributed by atoms with E-state index in [-0.39, 0.29) is 0 Å². The van der Waals surface area contributed by atoms with Crippen LogP contribution in [0.2, 0.25) is 5.02 Å². The predicted octanol–water partition coefficient (Wildman–Crippen LogP) is 4.71. The molecule has 0 aromatic heterocycles. The maximum absolute atomic E-state index is 13.5. The van der Waals surface area contributed by atoms with Gasteiger partial charge in [-0.3, -0.25) is 0 Å². The van der Waals surface area contributed by atoms with Gasteiger partial charge in [0.1, 0.15) is 5.75 Å². The van der Waals surface area contributed by atoms with Crippen LogP contribution in [0.3, 0.4) is 0 Å². The Bertz CT molecular complexity index is 1170. The monoisotopic (exact) mass is 444 g/mol. The standard InChI is InChI=1S/C23H25ClN2O3S/c1-3-29-22-11-12-23(19-8-5-4-7-18(19)22)30(27,28)26-15-13-25(14-16-26)21-10-6-9-20(24)17(21)2/h4-12H,3,13-16H2,1-2H3. The molecule has 0 saturated carbocycles. The number of anilines is 1. The minimum atomic E-state index is -3.62. The van der Waals surface area contributed by atoms with Gasteiger partial charge in [0.2, 0.25) is 10.0 Å². The van der Waals surface area contributed by atoms with Crippen LogP contribution in [0.5, 0.6) is 5.75 Å². The lowest BCUT2D eigenvalue weighted by atomic mass is 10.1. The van der Waals surface area contributed by atoms with Gasteiger partial charge in [-0.05, 0) is 43.7 Å². The third-order valence-corrected chi connectivity index (χ3v) is 7.95. The fourth-order valence-electron chi connectivity index (χ4n) is 4.00. The van der Waals surface area contributed by atoms with E-state index >= 15 is 0 Å². The van der Waals surface area contributed by atoms with Crippen LogP contribution in [0.4, 0.5) is 5.69 Å². The lowest BCUT2D eigenvalue weighted by Gasteiger charge is -2.36. The van der Waals surface area contributed by atoms with E-state index in [1.165, 1.54) is 0 Å². The molecule has 0 aliphatic carbocycles. The molecular weight excluding hydrogens is 420 g/mol. The first-order valence-electron chi connectivity index (χ1n) is 10.1. The predicted molar refractivity (Wildman–Crippen MR) is 122 cm³/mol. The first kappa shape index (κ1) is 21.0. The number of hydrogen-bond acceptors (Lipinski definition) is 4. The van der Waals surface area contributed by atoms with E-state index in [4.69, 9.17) is 16.3 Å². The number of benzene rings is 3. The lowest BCUT2D eigenvalue weighted by molar-refractivity contribution is 0.344. The molecule has 1 aliphatic rings. The fourth-order valence-corrected chi connectivity index (χ4v) is 5.78. The van der Waals surface area contributed by atoms with Gasteiger partial charge in [-0.25, -0.2) is 8.42 Å². The molecule has 0 atom stereocenters. The summed E-state index contributed by atoms with van der Waals surface area (Å²) in [5.41, 5.74) is 2.08. The summed E-state index contributed by atoms with van der Waals surface area (Å²) >= 11 is 6.26. The minimum absolute atomic E-state index is 0.328. The van der Waals surface area contributed by atoms with E-state index in [0.29, 0.717) is 48.8 Å². The second kappa shape index (κ2) is 8.46. The number of ether oxygens (including phenoxy) is 1. The summed E-state index contributed by atoms with van der Waals surface area (Å²) in [5, 5.41) is 2.23. The molecule has 30 heavy (non-hydrogen) atoms. The smallest absolute Gasteiger partial charge is 0.243 e. The van der Waals surface area contributed by atoms with Crippen molar-refractivity contribution in [3.63, 3.8) is 0 Å². The van der Waals surface area contributed by atoms with Crippen LogP contribution in [-0.2, 0) is 10.0 Å².